The third-order valence-electron chi connectivity index (χ3n) is 3.75. The first-order chi connectivity index (χ1) is 12.3. The summed E-state index contributed by atoms with van der Waals surface area (Å²) >= 11 is 0. The predicted octanol–water partition coefficient (Wildman–Crippen LogP) is 2.22. The highest BCUT2D eigenvalue weighted by Gasteiger charge is 2.26. The smallest absolute Gasteiger partial charge is 0.341 e. The van der Waals surface area contributed by atoms with Gasteiger partial charge >= 0.3 is 5.76 Å². The first-order valence-corrected chi connectivity index (χ1v) is 9.08. The maximum atomic E-state index is 12.5. The Morgan fingerprint density at radius 1 is 1.12 bits per heavy atom. The van der Waals surface area contributed by atoms with E-state index >= 15 is 0 Å². The summed E-state index contributed by atoms with van der Waals surface area (Å²) < 4.78 is 49.6. The number of nitrogens with one attached hydrogen (secondary N) is 1. The van der Waals surface area contributed by atoms with Crippen LogP contribution in [-0.2, 0) is 9.84 Å². The quantitative estimate of drug-likeness (QED) is 0.733. The maximum Gasteiger partial charge on any atom is 0.341 e. The summed E-state index contributed by atoms with van der Waals surface area (Å²) in [6.07, 6.45) is 1.76. The number of halogens is 2. The highest BCUT2D eigenvalue weighted by molar-refractivity contribution is 7.91. The van der Waals surface area contributed by atoms with Crippen LogP contribution in [0, 0.1) is 0 Å². The van der Waals surface area contributed by atoms with Gasteiger partial charge in [0.05, 0.1) is 10.9 Å². The lowest BCUT2D eigenvalue weighted by molar-refractivity contribution is 0.0938. The number of nitrogens with zero attached hydrogens (tertiary/aromatic N) is 3. The zero-order chi connectivity index (χ0) is 18.9. The Morgan fingerprint density at radius 2 is 1.81 bits per heavy atom. The number of aromatic nitrogens is 3. The van der Waals surface area contributed by atoms with Gasteiger partial charge in [0.1, 0.15) is 0 Å². The van der Waals surface area contributed by atoms with Crippen molar-refractivity contribution in [2.45, 2.75) is 23.6 Å². The number of carbonyl (C=O) groups excluding carboxylic acids is 1. The van der Waals surface area contributed by atoms with Gasteiger partial charge in [-0.05, 0) is 43.3 Å². The van der Waals surface area contributed by atoms with Crippen molar-refractivity contribution in [2.75, 3.05) is 0 Å². The van der Waals surface area contributed by atoms with E-state index in [0.29, 0.717) is 11.5 Å². The first-order valence-electron chi connectivity index (χ1n) is 7.53. The molecule has 1 N–H and O–H groups in total. The molecule has 1 amide bonds. The van der Waals surface area contributed by atoms with Crippen LogP contribution in [0.2, 0.25) is 0 Å². The van der Waals surface area contributed by atoms with Crippen LogP contribution in [0.25, 0.3) is 5.65 Å². The van der Waals surface area contributed by atoms with Crippen molar-refractivity contribution in [1.82, 2.24) is 19.9 Å². The van der Waals surface area contributed by atoms with Crippen molar-refractivity contribution >= 4 is 21.4 Å². The molecule has 1 unspecified atom stereocenters. The van der Waals surface area contributed by atoms with E-state index in [9.17, 15) is 22.0 Å². The number of alkyl halides is 2. The van der Waals surface area contributed by atoms with Crippen LogP contribution in [0.3, 0.4) is 0 Å². The Kier molecular flexibility index (Phi) is 4.68. The second-order valence-corrected chi connectivity index (χ2v) is 7.43. The fourth-order valence-electron chi connectivity index (χ4n) is 2.40. The normalized spacial score (nSPS) is 13.1. The molecule has 136 valence electrons. The van der Waals surface area contributed by atoms with Crippen LogP contribution < -0.4 is 5.32 Å². The SMILES string of the molecule is CC(NC(=O)c1ccc(S(=O)(=O)C(F)F)cc1)c1nnc2ccccn12. The van der Waals surface area contributed by atoms with Gasteiger partial charge in [-0.3, -0.25) is 9.20 Å². The number of pyridine rings is 1. The average molecular weight is 380 g/mol. The molecule has 2 heterocycles. The van der Waals surface area contributed by atoms with Gasteiger partial charge in [-0.1, -0.05) is 6.07 Å². The molecule has 10 heteroatoms. The number of hydrogen-bond donors (Lipinski definition) is 1. The summed E-state index contributed by atoms with van der Waals surface area (Å²) in [5.41, 5.74) is 0.768. The number of sulfone groups is 1. The molecule has 0 bridgehead atoms. The Bertz CT molecular complexity index is 1050. The molecule has 2 aromatic heterocycles. The average Bonchev–Trinajstić information content (AvgIpc) is 3.05. The third kappa shape index (κ3) is 3.27. The van der Waals surface area contributed by atoms with E-state index < -0.39 is 32.4 Å². The number of amides is 1. The molecule has 0 aliphatic carbocycles. The van der Waals surface area contributed by atoms with Gasteiger partial charge < -0.3 is 5.32 Å². The molecular weight excluding hydrogens is 366 g/mol. The van der Waals surface area contributed by atoms with Gasteiger partial charge in [-0.15, -0.1) is 10.2 Å². The van der Waals surface area contributed by atoms with Crippen molar-refractivity contribution < 1.29 is 22.0 Å². The van der Waals surface area contributed by atoms with E-state index in [4.69, 9.17) is 0 Å². The largest absolute Gasteiger partial charge is 0.342 e. The molecule has 0 spiro atoms. The summed E-state index contributed by atoms with van der Waals surface area (Å²) in [6.45, 7) is 1.72. The van der Waals surface area contributed by atoms with Crippen molar-refractivity contribution in [3.8, 4) is 0 Å². The standard InChI is InChI=1S/C16H14F2N4O3S/c1-10(14-21-20-13-4-2-3-9-22(13)14)19-15(23)11-5-7-12(8-6-11)26(24,25)16(17)18/h2-10,16H,1H3,(H,19,23). The van der Waals surface area contributed by atoms with E-state index in [1.807, 2.05) is 6.07 Å². The highest BCUT2D eigenvalue weighted by atomic mass is 32.2. The second-order valence-electron chi connectivity index (χ2n) is 5.51. The number of carbonyl (C=O) groups is 1. The third-order valence-corrected chi connectivity index (χ3v) is 5.15. The molecular formula is C16H14F2N4O3S. The summed E-state index contributed by atoms with van der Waals surface area (Å²) in [7, 11) is -4.69. The fourth-order valence-corrected chi connectivity index (χ4v) is 3.12. The van der Waals surface area contributed by atoms with Crippen molar-refractivity contribution in [2.24, 2.45) is 0 Å². The zero-order valence-electron chi connectivity index (χ0n) is 13.5. The Balaban J connectivity index is 1.78. The van der Waals surface area contributed by atoms with Gasteiger partial charge in [-0.2, -0.15) is 8.78 Å². The van der Waals surface area contributed by atoms with Crippen molar-refractivity contribution in [1.29, 1.82) is 0 Å². The molecule has 0 aliphatic heterocycles. The summed E-state index contributed by atoms with van der Waals surface area (Å²) in [5, 5.41) is 10.8. The predicted molar refractivity (Wildman–Crippen MR) is 88.5 cm³/mol. The van der Waals surface area contributed by atoms with Crippen LogP contribution in [0.1, 0.15) is 29.1 Å². The molecule has 3 rings (SSSR count). The van der Waals surface area contributed by atoms with Gasteiger partial charge in [0, 0.05) is 11.8 Å². The summed E-state index contributed by atoms with van der Waals surface area (Å²) in [6, 6.07) is 9.22. The molecule has 26 heavy (non-hydrogen) atoms. The fraction of sp³-hybridized carbons (Fsp3) is 0.188. The van der Waals surface area contributed by atoms with Gasteiger partial charge in [0.25, 0.3) is 5.91 Å². The molecule has 3 aromatic rings. The monoisotopic (exact) mass is 380 g/mol. The molecule has 0 aliphatic rings. The second kappa shape index (κ2) is 6.79. The van der Waals surface area contributed by atoms with Crippen LogP contribution in [0.15, 0.2) is 53.6 Å². The van der Waals surface area contributed by atoms with Crippen LogP contribution in [0.4, 0.5) is 8.78 Å². The van der Waals surface area contributed by atoms with Crippen molar-refractivity contribution in [3.63, 3.8) is 0 Å². The molecule has 0 radical (unpaired) electrons. The number of rotatable bonds is 5. The topological polar surface area (TPSA) is 93.4 Å². The molecule has 0 saturated carbocycles. The lowest BCUT2D eigenvalue weighted by Gasteiger charge is -2.12. The van der Waals surface area contributed by atoms with Gasteiger partial charge in [0.2, 0.25) is 9.84 Å². The number of hydrogen-bond acceptors (Lipinski definition) is 5. The van der Waals surface area contributed by atoms with E-state index in [1.54, 1.807) is 29.7 Å². The molecule has 7 nitrogen and oxygen atoms in total. The molecule has 0 fully saturated rings. The first kappa shape index (κ1) is 17.9. The lowest BCUT2D eigenvalue weighted by atomic mass is 10.2. The zero-order valence-corrected chi connectivity index (χ0v) is 14.3. The highest BCUT2D eigenvalue weighted by Crippen LogP contribution is 2.19. The lowest BCUT2D eigenvalue weighted by Crippen LogP contribution is -2.28. The van der Waals surface area contributed by atoms with E-state index in [-0.39, 0.29) is 5.56 Å². The van der Waals surface area contributed by atoms with E-state index in [1.165, 1.54) is 12.1 Å². The summed E-state index contributed by atoms with van der Waals surface area (Å²) in [4.78, 5) is 11.8. The Hall–Kier alpha value is -2.88. The van der Waals surface area contributed by atoms with Gasteiger partial charge in [0.15, 0.2) is 11.5 Å². The minimum atomic E-state index is -4.69. The van der Waals surface area contributed by atoms with Crippen LogP contribution in [0.5, 0.6) is 0 Å². The number of fused-ring (bicyclic) bond motifs is 1. The maximum absolute atomic E-state index is 12.5. The Labute approximate surface area is 147 Å². The minimum absolute atomic E-state index is 0.138. The van der Waals surface area contributed by atoms with E-state index in [0.717, 1.165) is 12.1 Å². The van der Waals surface area contributed by atoms with E-state index in [2.05, 4.69) is 15.5 Å². The van der Waals surface area contributed by atoms with Gasteiger partial charge in [-0.25, -0.2) is 8.42 Å². The van der Waals surface area contributed by atoms with Crippen LogP contribution >= 0.6 is 0 Å². The number of benzene rings is 1. The van der Waals surface area contributed by atoms with Crippen molar-refractivity contribution in [3.05, 3.63) is 60.0 Å². The molecule has 1 atom stereocenters. The molecule has 1 aromatic carbocycles. The van der Waals surface area contributed by atoms with Crippen LogP contribution in [-0.4, -0.2) is 34.7 Å². The Morgan fingerprint density at radius 3 is 2.46 bits per heavy atom. The summed E-state index contributed by atoms with van der Waals surface area (Å²) in [5.74, 6) is -3.49. The molecule has 0 saturated heterocycles. The minimum Gasteiger partial charge on any atom is -0.342 e.